The molecule has 2 aromatic heterocycles. The van der Waals surface area contributed by atoms with Crippen LogP contribution in [-0.2, 0) is 13.5 Å². The van der Waals surface area contributed by atoms with Gasteiger partial charge in [-0.25, -0.2) is 4.98 Å². The maximum absolute atomic E-state index is 5.67. The van der Waals surface area contributed by atoms with Gasteiger partial charge >= 0.3 is 0 Å². The van der Waals surface area contributed by atoms with Crippen LogP contribution in [0.25, 0.3) is 10.7 Å². The van der Waals surface area contributed by atoms with Crippen molar-refractivity contribution in [3.63, 3.8) is 0 Å². The van der Waals surface area contributed by atoms with Crippen LogP contribution in [0, 0.1) is 0 Å². The molecule has 2 heterocycles. The molecule has 0 aliphatic carbocycles. The lowest BCUT2D eigenvalue weighted by Gasteiger charge is -1.97. The summed E-state index contributed by atoms with van der Waals surface area (Å²) < 4.78 is 2.78. The second kappa shape index (κ2) is 4.63. The minimum atomic E-state index is 0.607. The van der Waals surface area contributed by atoms with Gasteiger partial charge in [0, 0.05) is 24.7 Å². The Morgan fingerprint density at radius 2 is 2.40 bits per heavy atom. The Morgan fingerprint density at radius 1 is 1.60 bits per heavy atom. The number of thiazole rings is 1. The molecule has 0 aromatic carbocycles. The molecular formula is C9H9BrClN3S. The van der Waals surface area contributed by atoms with Gasteiger partial charge in [-0.15, -0.1) is 22.9 Å². The number of hydrogen-bond donors (Lipinski definition) is 0. The summed E-state index contributed by atoms with van der Waals surface area (Å²) in [6.07, 6.45) is 2.59. The van der Waals surface area contributed by atoms with E-state index in [-0.39, 0.29) is 0 Å². The summed E-state index contributed by atoms with van der Waals surface area (Å²) in [4.78, 5) is 4.51. The van der Waals surface area contributed by atoms with Crippen LogP contribution in [0.5, 0.6) is 0 Å². The van der Waals surface area contributed by atoms with Crippen molar-refractivity contribution in [2.45, 2.75) is 6.42 Å². The van der Waals surface area contributed by atoms with E-state index in [1.54, 1.807) is 17.5 Å². The largest absolute Gasteiger partial charge is 0.264 e. The molecule has 0 aliphatic heterocycles. The third-order valence-corrected chi connectivity index (χ3v) is 3.67. The van der Waals surface area contributed by atoms with Crippen LogP contribution in [0.4, 0.5) is 0 Å². The van der Waals surface area contributed by atoms with Crippen molar-refractivity contribution in [3.8, 4) is 10.7 Å². The lowest BCUT2D eigenvalue weighted by Crippen LogP contribution is -1.94. The Balaban J connectivity index is 2.37. The molecule has 0 bridgehead atoms. The Morgan fingerprint density at radius 3 is 3.00 bits per heavy atom. The third-order valence-electron chi connectivity index (χ3n) is 2.00. The van der Waals surface area contributed by atoms with Crippen LogP contribution in [0.1, 0.15) is 5.69 Å². The topological polar surface area (TPSA) is 30.7 Å². The predicted octanol–water partition coefficient (Wildman–Crippen LogP) is 3.09. The van der Waals surface area contributed by atoms with Gasteiger partial charge in [-0.1, -0.05) is 0 Å². The van der Waals surface area contributed by atoms with E-state index in [1.807, 2.05) is 17.1 Å². The van der Waals surface area contributed by atoms with Gasteiger partial charge in [-0.2, -0.15) is 5.10 Å². The van der Waals surface area contributed by atoms with Gasteiger partial charge in [0.2, 0.25) is 0 Å². The van der Waals surface area contributed by atoms with Crippen LogP contribution < -0.4 is 0 Å². The van der Waals surface area contributed by atoms with Crippen LogP contribution in [0.15, 0.2) is 16.0 Å². The second-order valence-corrected chi connectivity index (χ2v) is 5.14. The number of aromatic nitrogens is 3. The average molecular weight is 307 g/mol. The van der Waals surface area contributed by atoms with Gasteiger partial charge < -0.3 is 0 Å². The van der Waals surface area contributed by atoms with Gasteiger partial charge in [0.05, 0.1) is 16.4 Å². The van der Waals surface area contributed by atoms with Gasteiger partial charge in [-0.3, -0.25) is 4.68 Å². The first-order valence-corrected chi connectivity index (χ1v) is 6.61. The Kier molecular flexibility index (Phi) is 3.43. The summed E-state index contributed by atoms with van der Waals surface area (Å²) in [5.41, 5.74) is 2.05. The highest BCUT2D eigenvalue weighted by Gasteiger charge is 2.12. The van der Waals surface area contributed by atoms with Gasteiger partial charge in [0.15, 0.2) is 0 Å². The smallest absolute Gasteiger partial charge is 0.142 e. The van der Waals surface area contributed by atoms with Crippen LogP contribution in [0.2, 0.25) is 0 Å². The monoisotopic (exact) mass is 305 g/mol. The van der Waals surface area contributed by atoms with Crippen molar-refractivity contribution >= 4 is 38.9 Å². The first kappa shape index (κ1) is 11.1. The maximum Gasteiger partial charge on any atom is 0.142 e. The fourth-order valence-corrected chi connectivity index (χ4v) is 3.08. The number of hydrogen-bond acceptors (Lipinski definition) is 3. The number of rotatable bonds is 3. The number of halogens is 2. The molecule has 80 valence electrons. The minimum absolute atomic E-state index is 0.607. The molecule has 0 N–H and O–H groups in total. The van der Waals surface area contributed by atoms with Crippen LogP contribution in [-0.4, -0.2) is 20.6 Å². The van der Waals surface area contributed by atoms with Gasteiger partial charge in [0.25, 0.3) is 0 Å². The fraction of sp³-hybridized carbons (Fsp3) is 0.333. The molecule has 0 saturated heterocycles. The van der Waals surface area contributed by atoms with Crippen molar-refractivity contribution in [3.05, 3.63) is 21.7 Å². The highest BCUT2D eigenvalue weighted by atomic mass is 79.9. The average Bonchev–Trinajstić information content (AvgIpc) is 2.75. The Bertz CT molecular complexity index is 446. The summed E-state index contributed by atoms with van der Waals surface area (Å²) in [6.45, 7) is 0. The van der Waals surface area contributed by atoms with Crippen molar-refractivity contribution in [2.24, 2.45) is 7.05 Å². The first-order chi connectivity index (χ1) is 7.22. The molecule has 0 aliphatic rings. The van der Waals surface area contributed by atoms with Crippen molar-refractivity contribution in [2.75, 3.05) is 5.88 Å². The molecule has 6 heteroatoms. The normalized spacial score (nSPS) is 10.9. The highest BCUT2D eigenvalue weighted by molar-refractivity contribution is 9.10. The van der Waals surface area contributed by atoms with E-state index in [9.17, 15) is 0 Å². The van der Waals surface area contributed by atoms with E-state index in [0.29, 0.717) is 5.88 Å². The Hall–Kier alpha value is -0.390. The molecule has 2 rings (SSSR count). The molecule has 3 nitrogen and oxygen atoms in total. The molecule has 2 aromatic rings. The summed E-state index contributed by atoms with van der Waals surface area (Å²) in [7, 11) is 1.91. The molecule has 0 atom stereocenters. The zero-order valence-electron chi connectivity index (χ0n) is 8.07. The summed E-state index contributed by atoms with van der Waals surface area (Å²) in [5, 5.41) is 7.17. The lowest BCUT2D eigenvalue weighted by molar-refractivity contribution is 0.774. The Labute approximate surface area is 105 Å². The molecule has 0 fully saturated rings. The van der Waals surface area contributed by atoms with Crippen LogP contribution >= 0.6 is 38.9 Å². The molecule has 0 saturated carbocycles. The van der Waals surface area contributed by atoms with E-state index in [4.69, 9.17) is 11.6 Å². The highest BCUT2D eigenvalue weighted by Crippen LogP contribution is 2.30. The van der Waals surface area contributed by atoms with E-state index in [1.165, 1.54) is 0 Å². The van der Waals surface area contributed by atoms with Crippen molar-refractivity contribution < 1.29 is 0 Å². The SMILES string of the molecule is Cn1ncc(Br)c1-c1nc(CCCl)cs1. The molecule has 0 spiro atoms. The molecule has 0 unspecified atom stereocenters. The zero-order valence-corrected chi connectivity index (χ0v) is 11.2. The number of alkyl halides is 1. The third kappa shape index (κ3) is 2.24. The predicted molar refractivity (Wildman–Crippen MR) is 66.4 cm³/mol. The summed E-state index contributed by atoms with van der Waals surface area (Å²) in [5.74, 6) is 0.607. The van der Waals surface area contributed by atoms with E-state index in [0.717, 1.165) is 27.3 Å². The number of nitrogens with zero attached hydrogens (tertiary/aromatic N) is 3. The van der Waals surface area contributed by atoms with Crippen molar-refractivity contribution in [1.82, 2.24) is 14.8 Å². The quantitative estimate of drug-likeness (QED) is 0.816. The molecule has 15 heavy (non-hydrogen) atoms. The fourth-order valence-electron chi connectivity index (χ4n) is 1.28. The summed E-state index contributed by atoms with van der Waals surface area (Å²) >= 11 is 10.7. The standard InChI is InChI=1S/C9H9BrClN3S/c1-14-8(7(10)4-12-14)9-13-6(2-3-11)5-15-9/h4-5H,2-3H2,1H3. The van der Waals surface area contributed by atoms with E-state index >= 15 is 0 Å². The second-order valence-electron chi connectivity index (χ2n) is 3.05. The summed E-state index contributed by atoms with van der Waals surface area (Å²) in [6, 6.07) is 0. The number of aryl methyl sites for hydroxylation is 2. The molecule has 0 radical (unpaired) electrons. The van der Waals surface area contributed by atoms with Crippen LogP contribution in [0.3, 0.4) is 0 Å². The van der Waals surface area contributed by atoms with Crippen molar-refractivity contribution in [1.29, 1.82) is 0 Å². The molecule has 0 amide bonds. The zero-order chi connectivity index (χ0) is 10.8. The van der Waals surface area contributed by atoms with Gasteiger partial charge in [0.1, 0.15) is 10.7 Å². The van der Waals surface area contributed by atoms with E-state index in [2.05, 4.69) is 26.0 Å². The maximum atomic E-state index is 5.67. The first-order valence-electron chi connectivity index (χ1n) is 4.40. The van der Waals surface area contributed by atoms with E-state index < -0.39 is 0 Å². The minimum Gasteiger partial charge on any atom is -0.264 e. The lowest BCUT2D eigenvalue weighted by atomic mass is 10.4. The molecular weight excluding hydrogens is 298 g/mol. The van der Waals surface area contributed by atoms with Gasteiger partial charge in [-0.05, 0) is 15.9 Å².